The molecule has 0 saturated heterocycles. The lowest BCUT2D eigenvalue weighted by Crippen LogP contribution is -2.41. The van der Waals surface area contributed by atoms with Crippen molar-refractivity contribution in [3.05, 3.63) is 35.4 Å². The number of alkyl halides is 2. The molecule has 2 nitrogen and oxygen atoms in total. The molecule has 0 unspecified atom stereocenters. The lowest BCUT2D eigenvalue weighted by atomic mass is 10.0. The Morgan fingerprint density at radius 3 is 2.35 bits per heavy atom. The van der Waals surface area contributed by atoms with E-state index in [1.165, 1.54) is 18.2 Å². The number of rotatable bonds is 4. The summed E-state index contributed by atoms with van der Waals surface area (Å²) in [5.41, 5.74) is 0.476. The molecule has 1 aromatic carbocycles. The average molecular weight is 241 g/mol. The van der Waals surface area contributed by atoms with E-state index in [1.807, 2.05) is 0 Å². The van der Waals surface area contributed by atoms with Crippen molar-refractivity contribution in [1.82, 2.24) is 4.90 Å². The first-order valence-corrected chi connectivity index (χ1v) is 5.67. The van der Waals surface area contributed by atoms with E-state index in [0.29, 0.717) is 0 Å². The van der Waals surface area contributed by atoms with Gasteiger partial charge in [-0.25, -0.2) is 0 Å². The molecule has 94 valence electrons. The predicted octanol–water partition coefficient (Wildman–Crippen LogP) is 2.96. The van der Waals surface area contributed by atoms with E-state index in [0.717, 1.165) is 10.5 Å². The molecule has 4 heteroatoms. The molecule has 1 amide bonds. The van der Waals surface area contributed by atoms with Crippen molar-refractivity contribution in [1.29, 1.82) is 0 Å². The summed E-state index contributed by atoms with van der Waals surface area (Å²) in [5.74, 6) is -4.58. The van der Waals surface area contributed by atoms with Crippen molar-refractivity contribution in [2.75, 3.05) is 13.1 Å². The SMILES string of the molecule is CCN(CC)C(=O)C(F)(F)c1cccc(C)c1. The zero-order chi connectivity index (χ0) is 13.1. The Morgan fingerprint density at radius 2 is 1.88 bits per heavy atom. The number of hydrogen-bond donors (Lipinski definition) is 0. The molecule has 1 aromatic rings. The summed E-state index contributed by atoms with van der Waals surface area (Å²) < 4.78 is 27.9. The van der Waals surface area contributed by atoms with Gasteiger partial charge in [0.25, 0.3) is 5.91 Å². The maximum absolute atomic E-state index is 14.0. The Hall–Kier alpha value is -1.45. The van der Waals surface area contributed by atoms with Crippen molar-refractivity contribution in [2.24, 2.45) is 0 Å². The number of aryl methyl sites for hydroxylation is 1. The summed E-state index contributed by atoms with van der Waals surface area (Å²) in [7, 11) is 0. The first kappa shape index (κ1) is 13.6. The topological polar surface area (TPSA) is 20.3 Å². The Morgan fingerprint density at radius 1 is 1.29 bits per heavy atom. The van der Waals surface area contributed by atoms with E-state index < -0.39 is 11.8 Å². The van der Waals surface area contributed by atoms with Gasteiger partial charge in [-0.1, -0.05) is 23.8 Å². The van der Waals surface area contributed by atoms with Crippen molar-refractivity contribution < 1.29 is 13.6 Å². The van der Waals surface area contributed by atoms with Gasteiger partial charge < -0.3 is 4.90 Å². The van der Waals surface area contributed by atoms with Crippen LogP contribution in [0.3, 0.4) is 0 Å². The molecule has 0 spiro atoms. The normalized spacial score (nSPS) is 11.4. The minimum Gasteiger partial charge on any atom is -0.338 e. The molecule has 0 bridgehead atoms. The second kappa shape index (κ2) is 5.25. The maximum Gasteiger partial charge on any atom is 0.349 e. The van der Waals surface area contributed by atoms with E-state index in [4.69, 9.17) is 0 Å². The summed E-state index contributed by atoms with van der Waals surface area (Å²) in [6, 6.07) is 5.89. The fourth-order valence-electron chi connectivity index (χ4n) is 1.67. The summed E-state index contributed by atoms with van der Waals surface area (Å²) in [6.45, 7) is 5.68. The van der Waals surface area contributed by atoms with E-state index >= 15 is 0 Å². The van der Waals surface area contributed by atoms with Crippen LogP contribution in [-0.4, -0.2) is 23.9 Å². The van der Waals surface area contributed by atoms with Gasteiger partial charge in [0, 0.05) is 18.7 Å². The van der Waals surface area contributed by atoms with Crippen LogP contribution in [0.25, 0.3) is 0 Å². The van der Waals surface area contributed by atoms with Crippen LogP contribution in [0, 0.1) is 6.92 Å². The van der Waals surface area contributed by atoms with Crippen LogP contribution < -0.4 is 0 Å². The Labute approximate surface area is 100 Å². The van der Waals surface area contributed by atoms with Gasteiger partial charge in [0.2, 0.25) is 0 Å². The van der Waals surface area contributed by atoms with E-state index in [2.05, 4.69) is 0 Å². The number of carbonyl (C=O) groups excluding carboxylic acids is 1. The lowest BCUT2D eigenvalue weighted by molar-refractivity contribution is -0.158. The van der Waals surface area contributed by atoms with Crippen LogP contribution in [0.5, 0.6) is 0 Å². The quantitative estimate of drug-likeness (QED) is 0.793. The first-order valence-electron chi connectivity index (χ1n) is 5.67. The van der Waals surface area contributed by atoms with E-state index in [9.17, 15) is 13.6 Å². The largest absolute Gasteiger partial charge is 0.349 e. The molecule has 0 fully saturated rings. The molecule has 0 heterocycles. The molecule has 0 N–H and O–H groups in total. The second-order valence-corrected chi connectivity index (χ2v) is 3.92. The number of carbonyl (C=O) groups is 1. The third kappa shape index (κ3) is 2.81. The van der Waals surface area contributed by atoms with Crippen LogP contribution in [0.4, 0.5) is 8.78 Å². The highest BCUT2D eigenvalue weighted by Crippen LogP contribution is 2.30. The molecule has 17 heavy (non-hydrogen) atoms. The third-order valence-electron chi connectivity index (χ3n) is 2.70. The molecule has 0 atom stereocenters. The smallest absolute Gasteiger partial charge is 0.338 e. The Bertz CT molecular complexity index is 400. The molecule has 0 aliphatic carbocycles. The van der Waals surface area contributed by atoms with Crippen LogP contribution >= 0.6 is 0 Å². The minimum atomic E-state index is -3.45. The standard InChI is InChI=1S/C13H17F2NO/c1-4-16(5-2)12(17)13(14,15)11-8-6-7-10(3)9-11/h6-9H,4-5H2,1-3H3. The highest BCUT2D eigenvalue weighted by Gasteiger charge is 2.43. The van der Waals surface area contributed by atoms with Crippen LogP contribution in [-0.2, 0) is 10.7 Å². The number of halogens is 2. The zero-order valence-electron chi connectivity index (χ0n) is 10.3. The average Bonchev–Trinajstić information content (AvgIpc) is 2.30. The monoisotopic (exact) mass is 241 g/mol. The maximum atomic E-state index is 14.0. The van der Waals surface area contributed by atoms with E-state index in [1.54, 1.807) is 26.8 Å². The van der Waals surface area contributed by atoms with Gasteiger partial charge in [0.1, 0.15) is 0 Å². The van der Waals surface area contributed by atoms with Gasteiger partial charge in [-0.2, -0.15) is 8.78 Å². The summed E-state index contributed by atoms with van der Waals surface area (Å²) in [6.07, 6.45) is 0. The zero-order valence-corrected chi connectivity index (χ0v) is 10.3. The minimum absolute atomic E-state index is 0.241. The van der Waals surface area contributed by atoms with Gasteiger partial charge >= 0.3 is 5.92 Å². The van der Waals surface area contributed by atoms with Gasteiger partial charge in [0.15, 0.2) is 0 Å². The lowest BCUT2D eigenvalue weighted by Gasteiger charge is -2.25. The fourth-order valence-corrected chi connectivity index (χ4v) is 1.67. The molecule has 0 saturated carbocycles. The summed E-state index contributed by atoms with van der Waals surface area (Å²) in [5, 5.41) is 0. The van der Waals surface area contributed by atoms with Crippen LogP contribution in [0.2, 0.25) is 0 Å². The van der Waals surface area contributed by atoms with Crippen LogP contribution in [0.15, 0.2) is 24.3 Å². The highest BCUT2D eigenvalue weighted by atomic mass is 19.3. The van der Waals surface area contributed by atoms with Gasteiger partial charge in [-0.05, 0) is 26.8 Å². The molecule has 1 rings (SSSR count). The number of amides is 1. The molecule has 0 aliphatic heterocycles. The molecular weight excluding hydrogens is 224 g/mol. The highest BCUT2D eigenvalue weighted by molar-refractivity contribution is 5.84. The number of likely N-dealkylation sites (N-methyl/N-ethyl adjacent to an activating group) is 1. The summed E-state index contributed by atoms with van der Waals surface area (Å²) >= 11 is 0. The second-order valence-electron chi connectivity index (χ2n) is 3.92. The van der Waals surface area contributed by atoms with Crippen molar-refractivity contribution in [3.8, 4) is 0 Å². The molecule has 0 radical (unpaired) electrons. The number of benzene rings is 1. The van der Waals surface area contributed by atoms with Crippen molar-refractivity contribution in [2.45, 2.75) is 26.7 Å². The molecule has 0 aliphatic rings. The predicted molar refractivity (Wildman–Crippen MR) is 63.0 cm³/mol. The molecule has 0 aromatic heterocycles. The summed E-state index contributed by atoms with van der Waals surface area (Å²) in [4.78, 5) is 12.9. The first-order chi connectivity index (χ1) is 7.93. The van der Waals surface area contributed by atoms with E-state index in [-0.39, 0.29) is 18.7 Å². The fraction of sp³-hybridized carbons (Fsp3) is 0.462. The number of nitrogens with zero attached hydrogens (tertiary/aromatic N) is 1. The van der Waals surface area contributed by atoms with Crippen molar-refractivity contribution >= 4 is 5.91 Å². The number of hydrogen-bond acceptors (Lipinski definition) is 1. The van der Waals surface area contributed by atoms with Crippen molar-refractivity contribution in [3.63, 3.8) is 0 Å². The van der Waals surface area contributed by atoms with Crippen LogP contribution in [0.1, 0.15) is 25.0 Å². The third-order valence-corrected chi connectivity index (χ3v) is 2.70. The Kier molecular flexibility index (Phi) is 4.21. The van der Waals surface area contributed by atoms with Gasteiger partial charge in [-0.15, -0.1) is 0 Å². The molecular formula is C13H17F2NO. The Balaban J connectivity index is 3.05. The van der Waals surface area contributed by atoms with Gasteiger partial charge in [-0.3, -0.25) is 4.79 Å². The van der Waals surface area contributed by atoms with Gasteiger partial charge in [0.05, 0.1) is 0 Å².